The minimum Gasteiger partial charge on any atom is -0.507 e. The third-order valence-corrected chi connectivity index (χ3v) is 7.01. The molecule has 0 bridgehead atoms. The molecule has 11 heteroatoms. The summed E-state index contributed by atoms with van der Waals surface area (Å²) in [6.07, 6.45) is 4.53. The first-order valence-corrected chi connectivity index (χ1v) is 12.5. The maximum Gasteiger partial charge on any atom is 0.267 e. The van der Waals surface area contributed by atoms with Gasteiger partial charge in [0.25, 0.3) is 5.91 Å². The number of hydrogen-bond acceptors (Lipinski definition) is 7. The second-order valence-corrected chi connectivity index (χ2v) is 10.4. The molecule has 2 aromatic carbocycles. The van der Waals surface area contributed by atoms with Gasteiger partial charge in [-0.25, -0.2) is 0 Å². The van der Waals surface area contributed by atoms with E-state index in [2.05, 4.69) is 58.0 Å². The Morgan fingerprint density at radius 1 is 1.06 bits per heavy atom. The lowest BCUT2D eigenvalue weighted by Crippen LogP contribution is -2.28. The first-order valence-electron chi connectivity index (χ1n) is 9.33. The zero-order chi connectivity index (χ0) is 23.5. The average Bonchev–Trinajstić information content (AvgIpc) is 3.38. The molecule has 1 aromatic heterocycles. The Hall–Kier alpha value is -2.34. The van der Waals surface area contributed by atoms with Gasteiger partial charge in [0.1, 0.15) is 17.3 Å². The lowest BCUT2D eigenvalue weighted by molar-refractivity contribution is -0.122. The highest BCUT2D eigenvalue weighted by Crippen LogP contribution is 2.38. The van der Waals surface area contributed by atoms with Crippen molar-refractivity contribution in [3.05, 3.63) is 83.9 Å². The van der Waals surface area contributed by atoms with E-state index in [0.717, 1.165) is 20.7 Å². The Kier molecular flexibility index (Phi) is 7.42. The Morgan fingerprint density at radius 3 is 2.61 bits per heavy atom. The third-order valence-electron chi connectivity index (χ3n) is 4.46. The minimum absolute atomic E-state index is 0.0187. The maximum atomic E-state index is 13.2. The Morgan fingerprint density at radius 2 is 1.85 bits per heavy atom. The van der Waals surface area contributed by atoms with Gasteiger partial charge in [-0.15, -0.1) is 5.10 Å². The zero-order valence-corrected chi connectivity index (χ0v) is 22.1. The highest BCUT2D eigenvalue weighted by atomic mass is 79.9. The molecule has 1 amide bonds. The monoisotopic (exact) mass is 653 g/mol. The van der Waals surface area contributed by atoms with E-state index in [1.807, 2.05) is 0 Å². The summed E-state index contributed by atoms with van der Waals surface area (Å²) >= 11 is 11.2. The van der Waals surface area contributed by atoms with Gasteiger partial charge in [-0.3, -0.25) is 9.69 Å². The van der Waals surface area contributed by atoms with Gasteiger partial charge in [0.2, 0.25) is 0 Å². The van der Waals surface area contributed by atoms with Crippen LogP contribution in [0.1, 0.15) is 16.9 Å². The van der Waals surface area contributed by atoms with E-state index in [1.54, 1.807) is 48.5 Å². The number of thioether (sulfide) groups is 1. The number of amides is 1. The summed E-state index contributed by atoms with van der Waals surface area (Å²) in [4.78, 5) is 15.0. The van der Waals surface area contributed by atoms with Gasteiger partial charge >= 0.3 is 0 Å². The molecule has 1 saturated heterocycles. The molecular formula is C22H14Br3N3O4S. The van der Waals surface area contributed by atoms with E-state index in [9.17, 15) is 15.0 Å². The van der Waals surface area contributed by atoms with Crippen LogP contribution in [0.5, 0.6) is 11.5 Å². The molecule has 4 rings (SSSR count). The summed E-state index contributed by atoms with van der Waals surface area (Å²) < 4.78 is 7.42. The molecule has 0 radical (unpaired) electrons. The molecule has 2 N–H and O–H groups in total. The Bertz CT molecular complexity index is 1310. The first kappa shape index (κ1) is 23.8. The molecule has 0 aliphatic carbocycles. The van der Waals surface area contributed by atoms with Crippen LogP contribution in [0.2, 0.25) is 0 Å². The van der Waals surface area contributed by atoms with Crippen LogP contribution in [-0.4, -0.2) is 32.4 Å². The second kappa shape index (κ2) is 10.3. The van der Waals surface area contributed by atoms with Crippen molar-refractivity contribution in [1.82, 2.24) is 4.90 Å². The highest BCUT2D eigenvalue weighted by Gasteiger charge is 2.34. The smallest absolute Gasteiger partial charge is 0.267 e. The summed E-state index contributed by atoms with van der Waals surface area (Å²) in [5, 5.41) is 29.0. The number of halogens is 3. The van der Waals surface area contributed by atoms with E-state index >= 15 is 0 Å². The van der Waals surface area contributed by atoms with Gasteiger partial charge in [0.15, 0.2) is 5.17 Å². The van der Waals surface area contributed by atoms with E-state index in [4.69, 9.17) is 4.42 Å². The number of furan rings is 1. The van der Waals surface area contributed by atoms with E-state index in [1.165, 1.54) is 17.4 Å². The molecule has 1 fully saturated rings. The molecule has 0 saturated carbocycles. The molecule has 168 valence electrons. The number of phenolic OH excluding ortho intramolecular Hbond substituents is 2. The number of carbonyl (C=O) groups is 1. The normalized spacial score (nSPS) is 16.6. The molecule has 0 atom stereocenters. The topological polar surface area (TPSA) is 98.6 Å². The standard InChI is InChI=1S/C22H14Br3N3O4S/c23-14-3-4-18(29)13(7-14)10-26-27-22-28(11-16-2-1-5-32-16)21(31)19(33-22)8-12-6-15(24)9-17(25)20(12)30/h1-10,29-30H,11H2/b19-8-,26-10+,27-22-. The zero-order valence-electron chi connectivity index (χ0n) is 16.6. The van der Waals surface area contributed by atoms with Crippen molar-refractivity contribution in [3.8, 4) is 11.5 Å². The van der Waals surface area contributed by atoms with Crippen molar-refractivity contribution >= 4 is 82.9 Å². The SMILES string of the molecule is O=C1/C(=C/c2cc(Br)cc(Br)c2O)S/C(=N\N=C\c2cc(Br)ccc2O)N1Cc1ccco1. The molecule has 1 aliphatic rings. The first-order chi connectivity index (χ1) is 15.8. The molecule has 0 spiro atoms. The molecule has 7 nitrogen and oxygen atoms in total. The van der Waals surface area contributed by atoms with Crippen molar-refractivity contribution in [1.29, 1.82) is 0 Å². The van der Waals surface area contributed by atoms with Crippen LogP contribution in [0.25, 0.3) is 6.08 Å². The fourth-order valence-electron chi connectivity index (χ4n) is 2.89. The fraction of sp³-hybridized carbons (Fsp3) is 0.0455. The number of amidine groups is 1. The van der Waals surface area contributed by atoms with Crippen molar-refractivity contribution in [2.75, 3.05) is 0 Å². The van der Waals surface area contributed by atoms with Crippen LogP contribution < -0.4 is 0 Å². The fourth-order valence-corrected chi connectivity index (χ4v) is 5.45. The van der Waals surface area contributed by atoms with E-state index in [0.29, 0.717) is 31.4 Å². The molecule has 2 heterocycles. The summed E-state index contributed by atoms with van der Waals surface area (Å²) in [6, 6.07) is 11.9. The Labute approximate surface area is 218 Å². The van der Waals surface area contributed by atoms with Gasteiger partial charge in [-0.2, -0.15) is 5.10 Å². The summed E-state index contributed by atoms with van der Waals surface area (Å²) in [5.74, 6) is 0.358. The third kappa shape index (κ3) is 5.60. The molecule has 0 unspecified atom stereocenters. The van der Waals surface area contributed by atoms with Crippen LogP contribution in [0.3, 0.4) is 0 Å². The van der Waals surface area contributed by atoms with E-state index < -0.39 is 0 Å². The molecule has 1 aliphatic heterocycles. The maximum absolute atomic E-state index is 13.2. The quantitative estimate of drug-likeness (QED) is 0.186. The van der Waals surface area contributed by atoms with Crippen LogP contribution in [0.4, 0.5) is 0 Å². The molecule has 3 aromatic rings. The average molecular weight is 656 g/mol. The number of carbonyl (C=O) groups excluding carboxylic acids is 1. The van der Waals surface area contributed by atoms with Gasteiger partial charge in [0.05, 0.1) is 28.4 Å². The highest BCUT2D eigenvalue weighted by molar-refractivity contribution is 9.11. The van der Waals surface area contributed by atoms with Crippen LogP contribution in [-0.2, 0) is 11.3 Å². The number of phenols is 2. The molecule has 33 heavy (non-hydrogen) atoms. The largest absolute Gasteiger partial charge is 0.507 e. The van der Waals surface area contributed by atoms with Gasteiger partial charge in [-0.05, 0) is 76.2 Å². The summed E-state index contributed by atoms with van der Waals surface area (Å²) in [6.45, 7) is 0.167. The number of aromatic hydroxyl groups is 2. The van der Waals surface area contributed by atoms with Crippen molar-refractivity contribution in [2.45, 2.75) is 6.54 Å². The van der Waals surface area contributed by atoms with Crippen LogP contribution in [0.15, 0.2) is 81.7 Å². The Balaban J connectivity index is 1.68. The van der Waals surface area contributed by atoms with Gasteiger partial charge in [0, 0.05) is 20.1 Å². The van der Waals surface area contributed by atoms with Crippen LogP contribution in [0, 0.1) is 0 Å². The predicted molar refractivity (Wildman–Crippen MR) is 139 cm³/mol. The van der Waals surface area contributed by atoms with Gasteiger partial charge < -0.3 is 14.6 Å². The number of rotatable bonds is 5. The summed E-state index contributed by atoms with van der Waals surface area (Å²) in [7, 11) is 0. The van der Waals surface area contributed by atoms with Crippen molar-refractivity contribution in [2.24, 2.45) is 10.2 Å². The lowest BCUT2D eigenvalue weighted by Gasteiger charge is -2.12. The van der Waals surface area contributed by atoms with E-state index in [-0.39, 0.29) is 24.0 Å². The lowest BCUT2D eigenvalue weighted by atomic mass is 10.2. The van der Waals surface area contributed by atoms with Gasteiger partial charge in [-0.1, -0.05) is 31.9 Å². The van der Waals surface area contributed by atoms with Crippen molar-refractivity contribution < 1.29 is 19.4 Å². The predicted octanol–water partition coefficient (Wildman–Crippen LogP) is 6.48. The number of hydrogen-bond donors (Lipinski definition) is 2. The van der Waals surface area contributed by atoms with Crippen molar-refractivity contribution in [3.63, 3.8) is 0 Å². The molecular weight excluding hydrogens is 642 g/mol. The summed E-state index contributed by atoms with van der Waals surface area (Å²) in [5.41, 5.74) is 0.939. The number of nitrogens with zero attached hydrogens (tertiary/aromatic N) is 3. The van der Waals surface area contributed by atoms with Crippen LogP contribution >= 0.6 is 59.6 Å². The number of benzene rings is 2. The second-order valence-electron chi connectivity index (χ2n) is 6.74. The minimum atomic E-state index is -0.300.